The molecule has 0 bridgehead atoms. The summed E-state index contributed by atoms with van der Waals surface area (Å²) in [4.78, 5) is 12.9. The van der Waals surface area contributed by atoms with Crippen LogP contribution in [-0.4, -0.2) is 47.5 Å². The fraction of sp³-hybridized carbons (Fsp3) is 0.471. The number of hydrogen-bond donors (Lipinski definition) is 2. The third kappa shape index (κ3) is 4.18. The molecular formula is C17H24ClN5O2. The number of ether oxygens (including phenoxy) is 1. The highest BCUT2D eigenvalue weighted by Gasteiger charge is 2.39. The van der Waals surface area contributed by atoms with Gasteiger partial charge in [0.25, 0.3) is 0 Å². The van der Waals surface area contributed by atoms with Crippen LogP contribution >= 0.6 is 12.4 Å². The zero-order chi connectivity index (χ0) is 17.0. The van der Waals surface area contributed by atoms with Gasteiger partial charge in [-0.15, -0.1) is 22.6 Å². The van der Waals surface area contributed by atoms with Gasteiger partial charge in [0.2, 0.25) is 5.91 Å². The van der Waals surface area contributed by atoms with Crippen molar-refractivity contribution in [3.8, 4) is 11.4 Å². The summed E-state index contributed by atoms with van der Waals surface area (Å²) < 4.78 is 7.18. The molecule has 0 spiro atoms. The number of carbonyl (C=O) groups is 1. The number of piperidine rings is 1. The van der Waals surface area contributed by atoms with Gasteiger partial charge in [0.15, 0.2) is 5.82 Å². The predicted molar refractivity (Wildman–Crippen MR) is 98.7 cm³/mol. The molecule has 0 atom stereocenters. The fourth-order valence-electron chi connectivity index (χ4n) is 3.16. The summed E-state index contributed by atoms with van der Waals surface area (Å²) in [6.45, 7) is 2.09. The molecule has 1 aromatic carbocycles. The van der Waals surface area contributed by atoms with Gasteiger partial charge >= 0.3 is 0 Å². The second kappa shape index (κ2) is 8.42. The lowest BCUT2D eigenvalue weighted by molar-refractivity contribution is -0.130. The van der Waals surface area contributed by atoms with Crippen LogP contribution in [0.15, 0.2) is 30.6 Å². The summed E-state index contributed by atoms with van der Waals surface area (Å²) in [6, 6.07) is 7.67. The van der Waals surface area contributed by atoms with Crippen molar-refractivity contribution in [2.45, 2.75) is 12.8 Å². The van der Waals surface area contributed by atoms with E-state index in [4.69, 9.17) is 4.74 Å². The van der Waals surface area contributed by atoms with E-state index < -0.39 is 5.41 Å². The summed E-state index contributed by atoms with van der Waals surface area (Å²) in [5, 5.41) is 14.4. The molecule has 7 nitrogen and oxygen atoms in total. The third-order valence-electron chi connectivity index (χ3n) is 4.55. The molecular weight excluding hydrogens is 342 g/mol. The van der Waals surface area contributed by atoms with E-state index >= 15 is 0 Å². The van der Waals surface area contributed by atoms with Gasteiger partial charge in [-0.2, -0.15) is 0 Å². The van der Waals surface area contributed by atoms with Gasteiger partial charge in [-0.05, 0) is 38.1 Å². The molecule has 1 aliphatic heterocycles. The van der Waals surface area contributed by atoms with E-state index in [1.807, 2.05) is 35.9 Å². The molecule has 136 valence electrons. The van der Waals surface area contributed by atoms with Gasteiger partial charge in [0.1, 0.15) is 6.33 Å². The number of nitrogens with one attached hydrogen (secondary N) is 2. The number of rotatable bonds is 5. The van der Waals surface area contributed by atoms with E-state index in [0.717, 1.165) is 43.0 Å². The average molecular weight is 366 g/mol. The number of hydrogen-bond acceptors (Lipinski definition) is 5. The molecule has 25 heavy (non-hydrogen) atoms. The van der Waals surface area contributed by atoms with Gasteiger partial charge < -0.3 is 19.9 Å². The van der Waals surface area contributed by atoms with Crippen LogP contribution in [0.4, 0.5) is 5.69 Å². The maximum atomic E-state index is 12.9. The molecule has 3 rings (SSSR count). The number of anilines is 1. The van der Waals surface area contributed by atoms with Crippen molar-refractivity contribution in [3.63, 3.8) is 0 Å². The van der Waals surface area contributed by atoms with Crippen LogP contribution in [0.2, 0.25) is 0 Å². The number of aryl methyl sites for hydroxylation is 1. The Hall–Kier alpha value is -1.96. The van der Waals surface area contributed by atoms with Crippen molar-refractivity contribution in [1.29, 1.82) is 0 Å². The zero-order valence-electron chi connectivity index (χ0n) is 14.5. The quantitative estimate of drug-likeness (QED) is 0.845. The number of nitrogens with zero attached hydrogens (tertiary/aromatic N) is 3. The Kier molecular flexibility index (Phi) is 6.52. The molecule has 2 aromatic rings. The Labute approximate surface area is 153 Å². The third-order valence-corrected chi connectivity index (χ3v) is 4.55. The fourth-order valence-corrected chi connectivity index (χ4v) is 3.16. The number of methoxy groups -OCH3 is 1. The van der Waals surface area contributed by atoms with Crippen molar-refractivity contribution in [3.05, 3.63) is 30.6 Å². The van der Waals surface area contributed by atoms with E-state index in [9.17, 15) is 4.79 Å². The number of aromatic nitrogens is 3. The molecule has 1 amide bonds. The highest BCUT2D eigenvalue weighted by atomic mass is 35.5. The maximum Gasteiger partial charge on any atom is 0.233 e. The molecule has 2 N–H and O–H groups in total. The Balaban J connectivity index is 0.00000225. The molecule has 2 heterocycles. The molecule has 1 fully saturated rings. The van der Waals surface area contributed by atoms with Gasteiger partial charge in [-0.1, -0.05) is 12.1 Å². The number of carbonyl (C=O) groups excluding carboxylic acids is 1. The van der Waals surface area contributed by atoms with Crippen LogP contribution in [0, 0.1) is 5.41 Å². The summed E-state index contributed by atoms with van der Waals surface area (Å²) in [5.41, 5.74) is 1.20. The molecule has 0 aliphatic carbocycles. The SMILES string of the molecule is COCC1(C(=O)Nc2cccc(-c3nncn3C)c2)CCNCC1.Cl. The monoisotopic (exact) mass is 365 g/mol. The lowest BCUT2D eigenvalue weighted by Crippen LogP contribution is -2.47. The zero-order valence-corrected chi connectivity index (χ0v) is 15.3. The largest absolute Gasteiger partial charge is 0.384 e. The minimum Gasteiger partial charge on any atom is -0.384 e. The number of amides is 1. The number of halogens is 1. The Morgan fingerprint density at radius 1 is 1.40 bits per heavy atom. The van der Waals surface area contributed by atoms with Crippen molar-refractivity contribution < 1.29 is 9.53 Å². The molecule has 0 saturated carbocycles. The highest BCUT2D eigenvalue weighted by Crippen LogP contribution is 2.31. The molecule has 0 unspecified atom stereocenters. The summed E-state index contributed by atoms with van der Waals surface area (Å²) in [7, 11) is 3.54. The van der Waals surface area contributed by atoms with Crippen molar-refractivity contribution in [1.82, 2.24) is 20.1 Å². The van der Waals surface area contributed by atoms with Crippen LogP contribution < -0.4 is 10.6 Å². The van der Waals surface area contributed by atoms with Crippen LogP contribution in [0.3, 0.4) is 0 Å². The van der Waals surface area contributed by atoms with Crippen LogP contribution in [0.25, 0.3) is 11.4 Å². The van der Waals surface area contributed by atoms with E-state index in [1.54, 1.807) is 13.4 Å². The standard InChI is InChI=1S/C17H23N5O2.ClH/c1-22-12-19-21-15(22)13-4-3-5-14(10-13)20-16(23)17(11-24-2)6-8-18-9-7-17;/h3-5,10,12,18H,6-9,11H2,1-2H3,(H,20,23);1H. The molecule has 1 aromatic heterocycles. The van der Waals surface area contributed by atoms with Crippen LogP contribution in [0.5, 0.6) is 0 Å². The lowest BCUT2D eigenvalue weighted by atomic mass is 9.78. The minimum absolute atomic E-state index is 0. The van der Waals surface area contributed by atoms with E-state index in [-0.39, 0.29) is 18.3 Å². The van der Waals surface area contributed by atoms with E-state index in [2.05, 4.69) is 20.8 Å². The highest BCUT2D eigenvalue weighted by molar-refractivity contribution is 5.96. The minimum atomic E-state index is -0.471. The molecule has 1 aliphatic rings. The van der Waals surface area contributed by atoms with Gasteiger partial charge in [-0.3, -0.25) is 4.79 Å². The molecule has 0 radical (unpaired) electrons. The second-order valence-corrected chi connectivity index (χ2v) is 6.26. The van der Waals surface area contributed by atoms with Crippen molar-refractivity contribution in [2.75, 3.05) is 32.1 Å². The topological polar surface area (TPSA) is 81.1 Å². The summed E-state index contributed by atoms with van der Waals surface area (Å²) >= 11 is 0. The molecule has 8 heteroatoms. The number of benzene rings is 1. The first-order valence-electron chi connectivity index (χ1n) is 8.10. The van der Waals surface area contributed by atoms with Gasteiger partial charge in [0.05, 0.1) is 12.0 Å². The Bertz CT molecular complexity index is 707. The first-order valence-corrected chi connectivity index (χ1v) is 8.10. The van der Waals surface area contributed by atoms with Gasteiger partial charge in [0, 0.05) is 25.4 Å². The average Bonchev–Trinajstić information content (AvgIpc) is 3.02. The van der Waals surface area contributed by atoms with Crippen LogP contribution in [0.1, 0.15) is 12.8 Å². The summed E-state index contributed by atoms with van der Waals surface area (Å²) in [6.07, 6.45) is 3.20. The Morgan fingerprint density at radius 3 is 2.80 bits per heavy atom. The van der Waals surface area contributed by atoms with E-state index in [1.165, 1.54) is 0 Å². The summed E-state index contributed by atoms with van der Waals surface area (Å²) in [5.74, 6) is 0.778. The first kappa shape index (κ1) is 19.4. The van der Waals surface area contributed by atoms with Gasteiger partial charge in [-0.25, -0.2) is 0 Å². The first-order chi connectivity index (χ1) is 11.6. The second-order valence-electron chi connectivity index (χ2n) is 6.26. The maximum absolute atomic E-state index is 12.9. The van der Waals surface area contributed by atoms with Crippen molar-refractivity contribution >= 4 is 24.0 Å². The van der Waals surface area contributed by atoms with Crippen LogP contribution in [-0.2, 0) is 16.6 Å². The normalized spacial score (nSPS) is 16.1. The molecule has 1 saturated heterocycles. The predicted octanol–water partition coefficient (Wildman–Crippen LogP) is 1.86. The smallest absolute Gasteiger partial charge is 0.233 e. The van der Waals surface area contributed by atoms with Crippen molar-refractivity contribution in [2.24, 2.45) is 12.5 Å². The Morgan fingerprint density at radius 2 is 2.16 bits per heavy atom. The lowest BCUT2D eigenvalue weighted by Gasteiger charge is -2.35. The van der Waals surface area contributed by atoms with E-state index in [0.29, 0.717) is 6.61 Å².